The quantitative estimate of drug-likeness (QED) is 0.626. The van der Waals surface area contributed by atoms with Gasteiger partial charge in [0.25, 0.3) is 0 Å². The summed E-state index contributed by atoms with van der Waals surface area (Å²) in [5.41, 5.74) is 0. The zero-order valence-electron chi connectivity index (χ0n) is 8.88. The van der Waals surface area contributed by atoms with E-state index in [1.54, 1.807) is 0 Å². The van der Waals surface area contributed by atoms with Crippen LogP contribution in [0, 0.1) is 11.3 Å². The molecule has 0 aromatic rings. The lowest BCUT2D eigenvalue weighted by atomic mass is 10.2. The minimum Gasteiger partial charge on any atom is -0.382 e. The Bertz CT molecular complexity index is 199. The van der Waals surface area contributed by atoms with Gasteiger partial charge in [0, 0.05) is 25.7 Å². The largest absolute Gasteiger partial charge is 0.382 e. The molecule has 1 amide bonds. The molecule has 0 saturated heterocycles. The van der Waals surface area contributed by atoms with Gasteiger partial charge in [0.05, 0.1) is 12.5 Å². The van der Waals surface area contributed by atoms with Gasteiger partial charge in [-0.3, -0.25) is 4.79 Å². The Labute approximate surface area is 85.2 Å². The smallest absolute Gasteiger partial charge is 0.220 e. The third-order valence-electron chi connectivity index (χ3n) is 1.70. The van der Waals surface area contributed by atoms with E-state index in [2.05, 4.69) is 5.32 Å². The van der Waals surface area contributed by atoms with Gasteiger partial charge in [-0.05, 0) is 20.3 Å². The fourth-order valence-corrected chi connectivity index (χ4v) is 1.01. The van der Waals surface area contributed by atoms with Crippen LogP contribution in [0.3, 0.4) is 0 Å². The Morgan fingerprint density at radius 2 is 2.36 bits per heavy atom. The molecule has 0 aliphatic rings. The van der Waals surface area contributed by atoms with Gasteiger partial charge in [-0.2, -0.15) is 5.26 Å². The zero-order valence-corrected chi connectivity index (χ0v) is 8.88. The number of carbonyl (C=O) groups excluding carboxylic acids is 1. The van der Waals surface area contributed by atoms with E-state index in [4.69, 9.17) is 10.00 Å². The number of nitriles is 1. The van der Waals surface area contributed by atoms with E-state index in [1.165, 1.54) is 0 Å². The highest BCUT2D eigenvalue weighted by atomic mass is 16.5. The fraction of sp³-hybridized carbons (Fsp3) is 0.800. The summed E-state index contributed by atoms with van der Waals surface area (Å²) in [7, 11) is 0. The van der Waals surface area contributed by atoms with Crippen LogP contribution in [0.4, 0.5) is 0 Å². The SMILES string of the molecule is CCOCCCC(=O)NC(C)CC#N. The van der Waals surface area contributed by atoms with Crippen molar-refractivity contribution in [2.24, 2.45) is 0 Å². The second kappa shape index (κ2) is 8.52. The summed E-state index contributed by atoms with van der Waals surface area (Å²) < 4.78 is 5.10. The first-order valence-corrected chi connectivity index (χ1v) is 4.94. The summed E-state index contributed by atoms with van der Waals surface area (Å²) in [5.74, 6) is -0.00699. The van der Waals surface area contributed by atoms with Crippen molar-refractivity contribution in [1.29, 1.82) is 5.26 Å². The Morgan fingerprint density at radius 1 is 1.64 bits per heavy atom. The van der Waals surface area contributed by atoms with E-state index in [0.717, 1.165) is 6.42 Å². The molecule has 0 radical (unpaired) electrons. The summed E-state index contributed by atoms with van der Waals surface area (Å²) in [4.78, 5) is 11.2. The molecule has 0 bridgehead atoms. The van der Waals surface area contributed by atoms with Crippen LogP contribution in [-0.4, -0.2) is 25.2 Å². The molecule has 0 spiro atoms. The van der Waals surface area contributed by atoms with Crippen molar-refractivity contribution < 1.29 is 9.53 Å². The van der Waals surface area contributed by atoms with Gasteiger partial charge in [-0.15, -0.1) is 0 Å². The second-order valence-corrected chi connectivity index (χ2v) is 3.13. The number of nitrogens with zero attached hydrogens (tertiary/aromatic N) is 1. The molecule has 0 aromatic carbocycles. The van der Waals surface area contributed by atoms with E-state index in [9.17, 15) is 4.79 Å². The Kier molecular flexibility index (Phi) is 7.86. The van der Waals surface area contributed by atoms with Crippen molar-refractivity contribution >= 4 is 5.91 Å². The van der Waals surface area contributed by atoms with Crippen molar-refractivity contribution in [3.63, 3.8) is 0 Å². The van der Waals surface area contributed by atoms with Crippen molar-refractivity contribution in [2.75, 3.05) is 13.2 Å². The molecule has 0 aliphatic heterocycles. The molecule has 0 aliphatic carbocycles. The molecule has 1 unspecified atom stereocenters. The Hall–Kier alpha value is -1.08. The maximum Gasteiger partial charge on any atom is 0.220 e. The molecule has 1 N–H and O–H groups in total. The summed E-state index contributed by atoms with van der Waals surface area (Å²) in [6, 6.07) is 1.95. The molecule has 14 heavy (non-hydrogen) atoms. The lowest BCUT2D eigenvalue weighted by Gasteiger charge is -2.09. The molecule has 80 valence electrons. The van der Waals surface area contributed by atoms with Crippen LogP contribution in [0.2, 0.25) is 0 Å². The highest BCUT2D eigenvalue weighted by molar-refractivity contribution is 5.76. The average Bonchev–Trinajstić information content (AvgIpc) is 2.13. The van der Waals surface area contributed by atoms with Crippen LogP contribution in [0.25, 0.3) is 0 Å². The standard InChI is InChI=1S/C10H18N2O2/c1-3-14-8-4-5-10(13)12-9(2)6-7-11/h9H,3-6,8H2,1-2H3,(H,12,13). The predicted octanol–water partition coefficient (Wildman–Crippen LogP) is 1.22. The number of amides is 1. The molecule has 1 atom stereocenters. The summed E-state index contributed by atoms with van der Waals surface area (Å²) >= 11 is 0. The molecule has 0 fully saturated rings. The van der Waals surface area contributed by atoms with Crippen LogP contribution in [-0.2, 0) is 9.53 Å². The fourth-order valence-electron chi connectivity index (χ4n) is 1.01. The van der Waals surface area contributed by atoms with Crippen LogP contribution in [0.15, 0.2) is 0 Å². The molecule has 0 saturated carbocycles. The average molecular weight is 198 g/mol. The van der Waals surface area contributed by atoms with Crippen LogP contribution in [0.1, 0.15) is 33.1 Å². The molecular weight excluding hydrogens is 180 g/mol. The molecule has 0 rings (SSSR count). The van der Waals surface area contributed by atoms with Crippen LogP contribution in [0.5, 0.6) is 0 Å². The van der Waals surface area contributed by atoms with E-state index in [-0.39, 0.29) is 11.9 Å². The predicted molar refractivity (Wildman–Crippen MR) is 53.6 cm³/mol. The van der Waals surface area contributed by atoms with Crippen molar-refractivity contribution in [3.05, 3.63) is 0 Å². The van der Waals surface area contributed by atoms with Gasteiger partial charge in [0.1, 0.15) is 0 Å². The molecule has 0 aromatic heterocycles. The van der Waals surface area contributed by atoms with Crippen LogP contribution < -0.4 is 5.32 Å². The minimum atomic E-state index is -0.0559. The first-order chi connectivity index (χ1) is 6.70. The van der Waals surface area contributed by atoms with E-state index < -0.39 is 0 Å². The number of rotatable bonds is 7. The molecule has 4 heteroatoms. The minimum absolute atomic E-state index is 0.00699. The third-order valence-corrected chi connectivity index (χ3v) is 1.70. The first kappa shape index (κ1) is 12.9. The maximum absolute atomic E-state index is 11.2. The molecular formula is C10H18N2O2. The van der Waals surface area contributed by atoms with Crippen molar-refractivity contribution in [3.8, 4) is 6.07 Å². The van der Waals surface area contributed by atoms with Crippen molar-refractivity contribution in [2.45, 2.75) is 39.2 Å². The summed E-state index contributed by atoms with van der Waals surface area (Å²) in [6.45, 7) is 5.06. The van der Waals surface area contributed by atoms with E-state index >= 15 is 0 Å². The normalized spacial score (nSPS) is 11.8. The number of carbonyl (C=O) groups is 1. The van der Waals surface area contributed by atoms with Gasteiger partial charge in [-0.25, -0.2) is 0 Å². The first-order valence-electron chi connectivity index (χ1n) is 4.94. The highest BCUT2D eigenvalue weighted by Crippen LogP contribution is 1.93. The van der Waals surface area contributed by atoms with Crippen LogP contribution >= 0.6 is 0 Å². The van der Waals surface area contributed by atoms with E-state index in [0.29, 0.717) is 26.1 Å². The van der Waals surface area contributed by atoms with Crippen molar-refractivity contribution in [1.82, 2.24) is 5.32 Å². The number of ether oxygens (including phenoxy) is 1. The number of nitrogens with one attached hydrogen (secondary N) is 1. The maximum atomic E-state index is 11.2. The topological polar surface area (TPSA) is 62.1 Å². The second-order valence-electron chi connectivity index (χ2n) is 3.13. The van der Waals surface area contributed by atoms with Gasteiger partial charge < -0.3 is 10.1 Å². The number of hydrogen-bond acceptors (Lipinski definition) is 3. The Balaban J connectivity index is 3.41. The lowest BCUT2D eigenvalue weighted by Crippen LogP contribution is -2.32. The zero-order chi connectivity index (χ0) is 10.8. The third kappa shape index (κ3) is 7.56. The summed E-state index contributed by atoms with van der Waals surface area (Å²) in [6.07, 6.45) is 1.56. The van der Waals surface area contributed by atoms with Gasteiger partial charge in [-0.1, -0.05) is 0 Å². The van der Waals surface area contributed by atoms with E-state index in [1.807, 2.05) is 19.9 Å². The molecule has 0 heterocycles. The van der Waals surface area contributed by atoms with Gasteiger partial charge >= 0.3 is 0 Å². The monoisotopic (exact) mass is 198 g/mol. The number of hydrogen-bond donors (Lipinski definition) is 1. The summed E-state index contributed by atoms with van der Waals surface area (Å²) in [5, 5.41) is 11.1. The molecule has 4 nitrogen and oxygen atoms in total. The highest BCUT2D eigenvalue weighted by Gasteiger charge is 2.05. The van der Waals surface area contributed by atoms with Gasteiger partial charge in [0.15, 0.2) is 0 Å². The van der Waals surface area contributed by atoms with Gasteiger partial charge in [0.2, 0.25) is 5.91 Å². The lowest BCUT2D eigenvalue weighted by molar-refractivity contribution is -0.122. The Morgan fingerprint density at radius 3 is 2.93 bits per heavy atom.